The van der Waals surface area contributed by atoms with Crippen LogP contribution >= 0.6 is 27.5 Å². The first-order valence-corrected chi connectivity index (χ1v) is 6.83. The third-order valence-electron chi connectivity index (χ3n) is 2.39. The van der Waals surface area contributed by atoms with E-state index in [1.807, 2.05) is 6.92 Å². The van der Waals surface area contributed by atoms with Gasteiger partial charge in [0.2, 0.25) is 0 Å². The summed E-state index contributed by atoms with van der Waals surface area (Å²) in [4.78, 5) is 11.7. The van der Waals surface area contributed by atoms with Gasteiger partial charge in [-0.05, 0) is 30.5 Å². The van der Waals surface area contributed by atoms with Gasteiger partial charge in [-0.3, -0.25) is 4.79 Å². The molecule has 1 rings (SSSR count). The van der Waals surface area contributed by atoms with Gasteiger partial charge in [-0.15, -0.1) is 0 Å². The highest BCUT2D eigenvalue weighted by Crippen LogP contribution is 2.14. The van der Waals surface area contributed by atoms with Gasteiger partial charge in [0.25, 0.3) is 5.91 Å². The van der Waals surface area contributed by atoms with Crippen molar-refractivity contribution in [1.82, 2.24) is 5.32 Å². The number of hydrogen-bond acceptors (Lipinski definition) is 1. The zero-order chi connectivity index (χ0) is 12.8. The van der Waals surface area contributed by atoms with Crippen LogP contribution in [0.1, 0.15) is 23.7 Å². The van der Waals surface area contributed by atoms with Crippen molar-refractivity contribution in [2.24, 2.45) is 5.92 Å². The Morgan fingerprint density at radius 1 is 1.59 bits per heavy atom. The molecule has 5 heteroatoms. The summed E-state index contributed by atoms with van der Waals surface area (Å²) in [5, 5.41) is 3.93. The van der Waals surface area contributed by atoms with E-state index in [1.54, 1.807) is 0 Å². The lowest BCUT2D eigenvalue weighted by molar-refractivity contribution is 0.0944. The van der Waals surface area contributed by atoms with E-state index >= 15 is 0 Å². The summed E-state index contributed by atoms with van der Waals surface area (Å²) in [7, 11) is 0. The first-order chi connectivity index (χ1) is 8.04. The molecule has 0 heterocycles. The fourth-order valence-corrected chi connectivity index (χ4v) is 2.28. The third-order valence-corrected chi connectivity index (χ3v) is 3.08. The van der Waals surface area contributed by atoms with Crippen LogP contribution in [0.5, 0.6) is 0 Å². The molecular weight excluding hydrogens is 308 g/mol. The second kappa shape index (κ2) is 6.97. The van der Waals surface area contributed by atoms with E-state index in [0.717, 1.165) is 11.8 Å². The molecular formula is C12H14BrClFNO. The van der Waals surface area contributed by atoms with E-state index < -0.39 is 11.7 Å². The van der Waals surface area contributed by atoms with Crippen molar-refractivity contribution in [2.45, 2.75) is 13.3 Å². The van der Waals surface area contributed by atoms with Crippen LogP contribution in [-0.2, 0) is 0 Å². The fourth-order valence-electron chi connectivity index (χ4n) is 1.32. The lowest BCUT2D eigenvalue weighted by atomic mass is 10.1. The predicted octanol–water partition coefficient (Wildman–Crippen LogP) is 3.63. The molecule has 0 saturated carbocycles. The van der Waals surface area contributed by atoms with Crippen LogP contribution in [0.4, 0.5) is 4.39 Å². The second-order valence-corrected chi connectivity index (χ2v) is 5.15. The van der Waals surface area contributed by atoms with Crippen molar-refractivity contribution >= 4 is 33.4 Å². The molecule has 0 radical (unpaired) electrons. The molecule has 0 aromatic heterocycles. The van der Waals surface area contributed by atoms with Gasteiger partial charge in [-0.25, -0.2) is 4.39 Å². The highest BCUT2D eigenvalue weighted by Gasteiger charge is 2.12. The quantitative estimate of drug-likeness (QED) is 0.824. The Bertz CT molecular complexity index is 400. The summed E-state index contributed by atoms with van der Waals surface area (Å²) in [5.74, 6) is -0.632. The molecule has 1 unspecified atom stereocenters. The fraction of sp³-hybridized carbons (Fsp3) is 0.417. The number of benzene rings is 1. The number of amides is 1. The summed E-state index contributed by atoms with van der Waals surface area (Å²) >= 11 is 9.05. The minimum Gasteiger partial charge on any atom is -0.352 e. The minimum absolute atomic E-state index is 0.0106. The summed E-state index contributed by atoms with van der Waals surface area (Å²) in [5.41, 5.74) is -0.0106. The topological polar surface area (TPSA) is 29.1 Å². The molecule has 0 saturated heterocycles. The lowest BCUT2D eigenvalue weighted by Crippen LogP contribution is -2.29. The monoisotopic (exact) mass is 321 g/mol. The van der Waals surface area contributed by atoms with Crippen LogP contribution in [0.2, 0.25) is 5.02 Å². The van der Waals surface area contributed by atoms with E-state index in [9.17, 15) is 9.18 Å². The molecule has 17 heavy (non-hydrogen) atoms. The zero-order valence-electron chi connectivity index (χ0n) is 9.47. The first kappa shape index (κ1) is 14.5. The van der Waals surface area contributed by atoms with Crippen molar-refractivity contribution in [3.8, 4) is 0 Å². The van der Waals surface area contributed by atoms with Gasteiger partial charge >= 0.3 is 0 Å². The zero-order valence-corrected chi connectivity index (χ0v) is 11.8. The van der Waals surface area contributed by atoms with Crippen LogP contribution < -0.4 is 5.32 Å². The molecule has 0 aliphatic carbocycles. The Morgan fingerprint density at radius 3 is 2.94 bits per heavy atom. The molecule has 1 amide bonds. The number of alkyl halides is 1. The number of halogens is 3. The van der Waals surface area contributed by atoms with Gasteiger partial charge in [0.15, 0.2) is 0 Å². The second-order valence-electron chi connectivity index (χ2n) is 3.92. The SMILES string of the molecule is CC(CCBr)CNC(=O)c1cc(Cl)ccc1F. The molecule has 0 bridgehead atoms. The summed E-state index contributed by atoms with van der Waals surface area (Å²) in [6, 6.07) is 3.95. The predicted molar refractivity (Wildman–Crippen MR) is 71.3 cm³/mol. The van der Waals surface area contributed by atoms with Crippen molar-refractivity contribution < 1.29 is 9.18 Å². The number of rotatable bonds is 5. The van der Waals surface area contributed by atoms with E-state index in [1.165, 1.54) is 18.2 Å². The normalized spacial score (nSPS) is 12.2. The molecule has 0 aliphatic heterocycles. The van der Waals surface area contributed by atoms with Crippen molar-refractivity contribution in [3.63, 3.8) is 0 Å². The van der Waals surface area contributed by atoms with E-state index in [-0.39, 0.29) is 5.56 Å². The Morgan fingerprint density at radius 2 is 2.29 bits per heavy atom. The molecule has 0 fully saturated rings. The maximum Gasteiger partial charge on any atom is 0.254 e. The minimum atomic E-state index is -0.556. The maximum atomic E-state index is 13.4. The van der Waals surface area contributed by atoms with Crippen LogP contribution in [0.3, 0.4) is 0 Å². The molecule has 1 aromatic rings. The van der Waals surface area contributed by atoms with Gasteiger partial charge in [-0.1, -0.05) is 34.5 Å². The van der Waals surface area contributed by atoms with Crippen LogP contribution in [-0.4, -0.2) is 17.8 Å². The number of carbonyl (C=O) groups is 1. The number of nitrogens with one attached hydrogen (secondary N) is 1. The van der Waals surface area contributed by atoms with Gasteiger partial charge in [0.1, 0.15) is 5.82 Å². The van der Waals surface area contributed by atoms with Crippen molar-refractivity contribution in [2.75, 3.05) is 11.9 Å². The lowest BCUT2D eigenvalue weighted by Gasteiger charge is -2.11. The highest BCUT2D eigenvalue weighted by molar-refractivity contribution is 9.09. The van der Waals surface area contributed by atoms with E-state index in [2.05, 4.69) is 21.2 Å². The van der Waals surface area contributed by atoms with Gasteiger partial charge < -0.3 is 5.32 Å². The third kappa shape index (κ3) is 4.64. The molecule has 0 aliphatic rings. The van der Waals surface area contributed by atoms with E-state index in [4.69, 9.17) is 11.6 Å². The smallest absolute Gasteiger partial charge is 0.254 e. The molecule has 0 spiro atoms. The standard InChI is InChI=1S/C12H14BrClFNO/c1-8(4-5-13)7-16-12(17)10-6-9(14)2-3-11(10)15/h2-3,6,8H,4-5,7H2,1H3,(H,16,17). The Kier molecular flexibility index (Phi) is 5.92. The molecule has 1 atom stereocenters. The molecule has 1 aromatic carbocycles. The van der Waals surface area contributed by atoms with Crippen molar-refractivity contribution in [3.05, 3.63) is 34.6 Å². The van der Waals surface area contributed by atoms with Crippen LogP contribution in [0, 0.1) is 11.7 Å². The van der Waals surface area contributed by atoms with Crippen LogP contribution in [0.15, 0.2) is 18.2 Å². The Balaban J connectivity index is 2.61. The highest BCUT2D eigenvalue weighted by atomic mass is 79.9. The summed E-state index contributed by atoms with van der Waals surface area (Å²) in [6.45, 7) is 2.55. The molecule has 1 N–H and O–H groups in total. The molecule has 94 valence electrons. The van der Waals surface area contributed by atoms with Gasteiger partial charge in [0, 0.05) is 16.9 Å². The Hall–Kier alpha value is -0.610. The average Bonchev–Trinajstić information content (AvgIpc) is 2.29. The number of hydrogen-bond donors (Lipinski definition) is 1. The largest absolute Gasteiger partial charge is 0.352 e. The summed E-state index contributed by atoms with van der Waals surface area (Å²) < 4.78 is 13.4. The van der Waals surface area contributed by atoms with Crippen LogP contribution in [0.25, 0.3) is 0 Å². The summed E-state index contributed by atoms with van der Waals surface area (Å²) in [6.07, 6.45) is 0.957. The van der Waals surface area contributed by atoms with E-state index in [0.29, 0.717) is 17.5 Å². The maximum absolute atomic E-state index is 13.4. The number of carbonyl (C=O) groups excluding carboxylic acids is 1. The Labute approximate surface area is 114 Å². The average molecular weight is 323 g/mol. The first-order valence-electron chi connectivity index (χ1n) is 5.33. The van der Waals surface area contributed by atoms with Gasteiger partial charge in [-0.2, -0.15) is 0 Å². The van der Waals surface area contributed by atoms with Gasteiger partial charge in [0.05, 0.1) is 5.56 Å². The molecule has 2 nitrogen and oxygen atoms in total. The van der Waals surface area contributed by atoms with Crippen molar-refractivity contribution in [1.29, 1.82) is 0 Å².